The van der Waals surface area contributed by atoms with Crippen molar-refractivity contribution in [2.45, 2.75) is 12.5 Å². The van der Waals surface area contributed by atoms with Gasteiger partial charge in [-0.15, -0.1) is 0 Å². The van der Waals surface area contributed by atoms with Gasteiger partial charge >= 0.3 is 0 Å². The van der Waals surface area contributed by atoms with Crippen LogP contribution in [0.2, 0.25) is 0 Å². The number of pyridine rings is 2. The summed E-state index contributed by atoms with van der Waals surface area (Å²) in [5, 5.41) is 3.27. The highest BCUT2D eigenvalue weighted by Crippen LogP contribution is 2.30. The first-order valence-corrected chi connectivity index (χ1v) is 12.8. The van der Waals surface area contributed by atoms with Crippen molar-refractivity contribution in [2.75, 3.05) is 32.8 Å². The van der Waals surface area contributed by atoms with Crippen molar-refractivity contribution in [2.24, 2.45) is 0 Å². The monoisotopic (exact) mass is 529 g/mol. The van der Waals surface area contributed by atoms with Crippen LogP contribution in [0, 0.1) is 11.6 Å². The number of hydrogen-bond donors (Lipinski definition) is 3. The molecule has 12 heteroatoms. The maximum absolute atomic E-state index is 14.6. The van der Waals surface area contributed by atoms with Crippen LogP contribution >= 0.6 is 0 Å². The van der Waals surface area contributed by atoms with Gasteiger partial charge in [0.15, 0.2) is 5.82 Å². The first-order chi connectivity index (χ1) is 18.0. The lowest BCUT2D eigenvalue weighted by Crippen LogP contribution is -2.41. The van der Waals surface area contributed by atoms with E-state index in [1.165, 1.54) is 0 Å². The summed E-state index contributed by atoms with van der Waals surface area (Å²) in [6, 6.07) is 9.83. The van der Waals surface area contributed by atoms with Crippen LogP contribution < -0.4 is 14.8 Å². The quantitative estimate of drug-likeness (QED) is 0.286. The van der Waals surface area contributed by atoms with Gasteiger partial charge in [-0.2, -0.15) is 0 Å². The Kier molecular flexibility index (Phi) is 7.82. The van der Waals surface area contributed by atoms with Gasteiger partial charge in [-0.3, -0.25) is 13.9 Å². The second-order valence-electron chi connectivity index (χ2n) is 8.54. The Morgan fingerprint density at radius 3 is 2.84 bits per heavy atom. The van der Waals surface area contributed by atoms with E-state index in [1.807, 2.05) is 28.8 Å². The zero-order valence-corrected chi connectivity index (χ0v) is 20.5. The highest BCUT2D eigenvalue weighted by molar-refractivity contribution is 7.77. The number of halogens is 2. The molecule has 0 radical (unpaired) electrons. The topological polar surface area (TPSA) is 110 Å². The van der Waals surface area contributed by atoms with Gasteiger partial charge in [0.2, 0.25) is 11.3 Å². The predicted molar refractivity (Wildman–Crippen MR) is 134 cm³/mol. The molecule has 9 nitrogen and oxygen atoms in total. The molecule has 1 saturated heterocycles. The Bertz CT molecular complexity index is 1430. The van der Waals surface area contributed by atoms with Gasteiger partial charge in [0, 0.05) is 49.1 Å². The summed E-state index contributed by atoms with van der Waals surface area (Å²) in [5.41, 5.74) is 3.35. The summed E-state index contributed by atoms with van der Waals surface area (Å²) in [7, 11) is 0. The van der Waals surface area contributed by atoms with Crippen molar-refractivity contribution in [3.8, 4) is 28.3 Å². The molecule has 1 unspecified atom stereocenters. The van der Waals surface area contributed by atoms with E-state index in [4.69, 9.17) is 14.0 Å². The molecule has 0 spiro atoms. The van der Waals surface area contributed by atoms with E-state index < -0.39 is 22.9 Å². The summed E-state index contributed by atoms with van der Waals surface area (Å²) in [4.78, 5) is 8.46. The van der Waals surface area contributed by atoms with Crippen LogP contribution in [-0.4, -0.2) is 62.1 Å². The summed E-state index contributed by atoms with van der Waals surface area (Å²) in [6.45, 7) is 2.87. The first kappa shape index (κ1) is 25.4. The molecule has 37 heavy (non-hydrogen) atoms. The van der Waals surface area contributed by atoms with Gasteiger partial charge in [0.25, 0.3) is 0 Å². The molecule has 0 saturated carbocycles. The minimum atomic E-state index is -2.15. The molecule has 5 rings (SSSR count). The first-order valence-electron chi connectivity index (χ1n) is 11.7. The third-order valence-electron chi connectivity index (χ3n) is 5.93. The molecule has 194 valence electrons. The van der Waals surface area contributed by atoms with Crippen LogP contribution in [-0.2, 0) is 22.4 Å². The smallest absolute Gasteiger partial charge is 0.231 e. The number of nitrogens with zero attached hydrogens (tertiary/aromatic N) is 3. The zero-order chi connectivity index (χ0) is 25.8. The molecule has 1 aliphatic rings. The molecule has 4 heterocycles. The largest absolute Gasteiger partial charge is 0.491 e. The molecule has 0 bridgehead atoms. The van der Waals surface area contributed by atoms with E-state index in [1.54, 1.807) is 18.3 Å². The van der Waals surface area contributed by atoms with Crippen LogP contribution in [0.1, 0.15) is 5.56 Å². The Morgan fingerprint density at radius 2 is 2.05 bits per heavy atom. The number of hydrogen-bond acceptors (Lipinski definition) is 6. The van der Waals surface area contributed by atoms with Gasteiger partial charge in [0.1, 0.15) is 35.6 Å². The van der Waals surface area contributed by atoms with E-state index in [0.29, 0.717) is 36.6 Å². The van der Waals surface area contributed by atoms with Crippen LogP contribution in [0.4, 0.5) is 8.78 Å². The van der Waals surface area contributed by atoms with Crippen LogP contribution in [0.5, 0.6) is 5.75 Å². The SMILES string of the molecule is O=S(O)NCCc1cc(-c2ncc(F)cc2F)cc(-c2cnc3cc(OC[C@@H]4CNCCO4)ccn23)c1. The fourth-order valence-electron chi connectivity index (χ4n) is 4.21. The molecule has 3 N–H and O–H groups in total. The van der Waals surface area contributed by atoms with Crippen molar-refractivity contribution < 1.29 is 27.0 Å². The third kappa shape index (κ3) is 6.17. The lowest BCUT2D eigenvalue weighted by atomic mass is 9.99. The fourth-order valence-corrected chi connectivity index (χ4v) is 4.49. The number of morpholine rings is 1. The molecule has 4 aromatic rings. The third-order valence-corrected chi connectivity index (χ3v) is 6.39. The fraction of sp³-hybridized carbons (Fsp3) is 0.280. The Balaban J connectivity index is 1.46. The summed E-state index contributed by atoms with van der Waals surface area (Å²) < 4.78 is 63.9. The number of fused-ring (bicyclic) bond motifs is 1. The maximum Gasteiger partial charge on any atom is 0.231 e. The summed E-state index contributed by atoms with van der Waals surface area (Å²) in [5.74, 6) is -0.887. The van der Waals surface area contributed by atoms with E-state index in [-0.39, 0.29) is 18.3 Å². The minimum absolute atomic E-state index is 0.00659. The van der Waals surface area contributed by atoms with Gasteiger partial charge in [-0.25, -0.2) is 22.7 Å². The zero-order valence-electron chi connectivity index (χ0n) is 19.7. The molecule has 1 aliphatic heterocycles. The number of imidazole rings is 1. The maximum atomic E-state index is 14.6. The lowest BCUT2D eigenvalue weighted by molar-refractivity contribution is 0.000198. The molecular weight excluding hydrogens is 504 g/mol. The minimum Gasteiger partial charge on any atom is -0.491 e. The van der Waals surface area contributed by atoms with E-state index >= 15 is 0 Å². The average Bonchev–Trinajstić information content (AvgIpc) is 3.31. The Labute approximate surface area is 214 Å². The number of nitrogens with one attached hydrogen (secondary N) is 2. The highest BCUT2D eigenvalue weighted by atomic mass is 32.2. The second kappa shape index (κ2) is 11.4. The van der Waals surface area contributed by atoms with Crippen molar-refractivity contribution in [3.05, 3.63) is 72.2 Å². The lowest BCUT2D eigenvalue weighted by Gasteiger charge is -2.23. The van der Waals surface area contributed by atoms with Crippen LogP contribution in [0.3, 0.4) is 0 Å². The molecule has 0 aliphatic carbocycles. The molecule has 3 aromatic heterocycles. The Hall–Kier alpha value is -3.29. The van der Waals surface area contributed by atoms with Gasteiger partial charge in [-0.1, -0.05) is 0 Å². The molecule has 2 atom stereocenters. The van der Waals surface area contributed by atoms with Crippen molar-refractivity contribution in [3.63, 3.8) is 0 Å². The molecule has 1 fully saturated rings. The normalized spacial score (nSPS) is 16.7. The number of ether oxygens (including phenoxy) is 2. The van der Waals surface area contributed by atoms with Crippen LogP contribution in [0.15, 0.2) is 55.0 Å². The van der Waals surface area contributed by atoms with Crippen molar-refractivity contribution >= 4 is 16.9 Å². The predicted octanol–water partition coefficient (Wildman–Crippen LogP) is 2.98. The molecule has 1 aromatic carbocycles. The van der Waals surface area contributed by atoms with Gasteiger partial charge in [-0.05, 0) is 36.2 Å². The van der Waals surface area contributed by atoms with Crippen molar-refractivity contribution in [1.29, 1.82) is 0 Å². The molecular formula is C25H25F2N5O4S. The van der Waals surface area contributed by atoms with Crippen LogP contribution in [0.25, 0.3) is 28.2 Å². The summed E-state index contributed by atoms with van der Waals surface area (Å²) >= 11 is -2.15. The van der Waals surface area contributed by atoms with E-state index in [9.17, 15) is 13.0 Å². The highest BCUT2D eigenvalue weighted by Gasteiger charge is 2.16. The van der Waals surface area contributed by atoms with Crippen molar-refractivity contribution in [1.82, 2.24) is 24.4 Å². The summed E-state index contributed by atoms with van der Waals surface area (Å²) in [6.07, 6.45) is 4.88. The Morgan fingerprint density at radius 1 is 1.19 bits per heavy atom. The number of rotatable bonds is 9. The molecule has 0 amide bonds. The number of aromatic nitrogens is 3. The average molecular weight is 530 g/mol. The second-order valence-corrected chi connectivity index (χ2v) is 9.33. The van der Waals surface area contributed by atoms with Gasteiger partial charge in [0.05, 0.1) is 24.7 Å². The van der Waals surface area contributed by atoms with Gasteiger partial charge < -0.3 is 14.8 Å². The number of benzene rings is 1. The standard InChI is InChI=1S/C25H25F2N5O4S/c26-19-10-22(27)25(30-12-19)18-8-16(1-3-31-37(33)34)7-17(9-18)23-14-29-24-11-20(2-5-32(23)24)36-15-21-13-28-4-6-35-21/h2,5,7-12,14,21,28,31H,1,3-4,6,13,15H2,(H,33,34)/t21-/m0/s1. The van der Waals surface area contributed by atoms with E-state index in [2.05, 4.69) is 20.0 Å². The van der Waals surface area contributed by atoms with E-state index in [0.717, 1.165) is 42.2 Å².